The summed E-state index contributed by atoms with van der Waals surface area (Å²) in [4.78, 5) is 10.7. The number of carboxylic acid groups (broad SMARTS) is 1. The summed E-state index contributed by atoms with van der Waals surface area (Å²) in [5.74, 6) is -1.13. The molecule has 1 aromatic heterocycles. The number of aromatic carboxylic acids is 1. The van der Waals surface area contributed by atoms with Crippen LogP contribution >= 0.6 is 11.3 Å². The molecule has 0 aliphatic heterocycles. The van der Waals surface area contributed by atoms with Crippen LogP contribution in [0.4, 0.5) is 0 Å². The second kappa shape index (κ2) is 6.28. The molecule has 0 saturated carbocycles. The zero-order valence-corrected chi connectivity index (χ0v) is 11.7. The fraction of sp³-hybridized carbons (Fsp3) is 0.500. The molecule has 0 amide bonds. The fourth-order valence-corrected chi connectivity index (χ4v) is 3.70. The zero-order valence-electron chi connectivity index (χ0n) is 10.0. The van der Waals surface area contributed by atoms with Gasteiger partial charge in [0.2, 0.25) is 10.0 Å². The first-order valence-electron chi connectivity index (χ1n) is 5.21. The highest BCUT2D eigenvalue weighted by molar-refractivity contribution is 7.91. The summed E-state index contributed by atoms with van der Waals surface area (Å²) in [6.07, 6.45) is 0.549. The molecule has 1 aromatic rings. The molecule has 8 heteroatoms. The van der Waals surface area contributed by atoms with E-state index in [2.05, 4.69) is 4.72 Å². The topological polar surface area (TPSA) is 92.7 Å². The molecular weight excluding hydrogens is 278 g/mol. The van der Waals surface area contributed by atoms with Crippen LogP contribution < -0.4 is 4.72 Å². The number of carboxylic acids is 1. The van der Waals surface area contributed by atoms with Gasteiger partial charge in [0.1, 0.15) is 9.09 Å². The summed E-state index contributed by atoms with van der Waals surface area (Å²) < 4.78 is 31.1. The highest BCUT2D eigenvalue weighted by Crippen LogP contribution is 2.21. The average Bonchev–Trinajstić information content (AvgIpc) is 2.75. The molecule has 2 N–H and O–H groups in total. The normalized spacial score (nSPS) is 13.4. The maximum absolute atomic E-state index is 11.9. The van der Waals surface area contributed by atoms with Crippen LogP contribution in [0.15, 0.2) is 16.3 Å². The summed E-state index contributed by atoms with van der Waals surface area (Å²) in [5, 5.41) is 8.74. The third-order valence-corrected chi connectivity index (χ3v) is 5.32. The summed E-state index contributed by atoms with van der Waals surface area (Å²) >= 11 is 0.732. The molecule has 0 saturated heterocycles. The van der Waals surface area contributed by atoms with E-state index in [1.165, 1.54) is 12.1 Å². The molecule has 6 nitrogen and oxygen atoms in total. The Morgan fingerprint density at radius 1 is 1.56 bits per heavy atom. The van der Waals surface area contributed by atoms with E-state index in [0.717, 1.165) is 11.3 Å². The van der Waals surface area contributed by atoms with Crippen molar-refractivity contribution in [3.05, 3.63) is 17.0 Å². The van der Waals surface area contributed by atoms with Crippen LogP contribution in [-0.2, 0) is 14.8 Å². The molecule has 1 heterocycles. The average molecular weight is 293 g/mol. The van der Waals surface area contributed by atoms with Gasteiger partial charge in [-0.25, -0.2) is 17.9 Å². The van der Waals surface area contributed by atoms with Crippen LogP contribution in [0.2, 0.25) is 0 Å². The number of hydrogen-bond acceptors (Lipinski definition) is 5. The predicted molar refractivity (Wildman–Crippen MR) is 67.6 cm³/mol. The highest BCUT2D eigenvalue weighted by atomic mass is 32.2. The van der Waals surface area contributed by atoms with Crippen molar-refractivity contribution in [2.75, 3.05) is 13.7 Å². The van der Waals surface area contributed by atoms with E-state index < -0.39 is 16.0 Å². The minimum atomic E-state index is -3.65. The van der Waals surface area contributed by atoms with Gasteiger partial charge in [0, 0.05) is 19.8 Å². The van der Waals surface area contributed by atoms with Crippen LogP contribution in [0.25, 0.3) is 0 Å². The Labute approximate surface area is 110 Å². The number of ether oxygens (including phenoxy) is 1. The molecule has 1 atom stereocenters. The first kappa shape index (κ1) is 15.1. The van der Waals surface area contributed by atoms with Crippen molar-refractivity contribution in [1.82, 2.24) is 4.72 Å². The van der Waals surface area contributed by atoms with E-state index in [0.29, 0.717) is 13.0 Å². The maximum Gasteiger partial charge on any atom is 0.345 e. The Morgan fingerprint density at radius 2 is 2.22 bits per heavy atom. The van der Waals surface area contributed by atoms with Crippen molar-refractivity contribution in [3.8, 4) is 0 Å². The minimum absolute atomic E-state index is 0.0000745. The summed E-state index contributed by atoms with van der Waals surface area (Å²) in [5.41, 5.74) is 0. The van der Waals surface area contributed by atoms with Crippen LogP contribution in [0.5, 0.6) is 0 Å². The van der Waals surface area contributed by atoms with Gasteiger partial charge in [-0.1, -0.05) is 0 Å². The number of nitrogens with one attached hydrogen (secondary N) is 1. The molecule has 0 aromatic carbocycles. The van der Waals surface area contributed by atoms with Gasteiger partial charge in [0.15, 0.2) is 0 Å². The van der Waals surface area contributed by atoms with Crippen LogP contribution in [-0.4, -0.2) is 39.3 Å². The van der Waals surface area contributed by atoms with Gasteiger partial charge in [-0.15, -0.1) is 11.3 Å². The monoisotopic (exact) mass is 293 g/mol. The van der Waals surface area contributed by atoms with Crippen molar-refractivity contribution in [2.45, 2.75) is 23.6 Å². The summed E-state index contributed by atoms with van der Waals surface area (Å²) in [7, 11) is -2.11. The molecule has 0 aliphatic rings. The lowest BCUT2D eigenvalue weighted by Gasteiger charge is -2.12. The SMILES string of the molecule is COCCC(C)NS(=O)(=O)c1ccc(C(=O)O)s1. The van der Waals surface area contributed by atoms with Gasteiger partial charge in [0.05, 0.1) is 0 Å². The Hall–Kier alpha value is -0.960. The van der Waals surface area contributed by atoms with E-state index >= 15 is 0 Å². The van der Waals surface area contributed by atoms with E-state index in [-0.39, 0.29) is 15.1 Å². The fourth-order valence-electron chi connectivity index (χ4n) is 1.26. The molecule has 0 fully saturated rings. The number of methoxy groups -OCH3 is 1. The molecule has 0 spiro atoms. The second-order valence-corrected chi connectivity index (χ2v) is 6.75. The number of carbonyl (C=O) groups is 1. The van der Waals surface area contributed by atoms with Crippen molar-refractivity contribution in [2.24, 2.45) is 0 Å². The Kier molecular flexibility index (Phi) is 5.27. The van der Waals surface area contributed by atoms with Gasteiger partial charge in [0.25, 0.3) is 0 Å². The molecule has 0 radical (unpaired) electrons. The standard InChI is InChI=1S/C10H15NO5S2/c1-7(5-6-16-2)11-18(14,15)9-4-3-8(17-9)10(12)13/h3-4,7,11H,5-6H2,1-2H3,(H,12,13). The van der Waals surface area contributed by atoms with Crippen molar-refractivity contribution >= 4 is 27.3 Å². The van der Waals surface area contributed by atoms with Gasteiger partial charge in [-0.3, -0.25) is 0 Å². The van der Waals surface area contributed by atoms with Crippen molar-refractivity contribution in [3.63, 3.8) is 0 Å². The minimum Gasteiger partial charge on any atom is -0.477 e. The highest BCUT2D eigenvalue weighted by Gasteiger charge is 2.20. The van der Waals surface area contributed by atoms with Crippen LogP contribution in [0.3, 0.4) is 0 Å². The van der Waals surface area contributed by atoms with Crippen LogP contribution in [0.1, 0.15) is 23.0 Å². The lowest BCUT2D eigenvalue weighted by Crippen LogP contribution is -2.32. The lowest BCUT2D eigenvalue weighted by atomic mass is 10.3. The van der Waals surface area contributed by atoms with Gasteiger partial charge < -0.3 is 9.84 Å². The Balaban J connectivity index is 2.76. The Bertz CT molecular complexity index is 508. The molecule has 1 rings (SSSR count). The van der Waals surface area contributed by atoms with Crippen molar-refractivity contribution in [1.29, 1.82) is 0 Å². The zero-order chi connectivity index (χ0) is 13.8. The summed E-state index contributed by atoms with van der Waals surface area (Å²) in [6, 6.07) is 2.30. The van der Waals surface area contributed by atoms with E-state index in [1.807, 2.05) is 0 Å². The van der Waals surface area contributed by atoms with Gasteiger partial charge in [-0.05, 0) is 25.5 Å². The largest absolute Gasteiger partial charge is 0.477 e. The predicted octanol–water partition coefficient (Wildman–Crippen LogP) is 1.15. The third-order valence-electron chi connectivity index (χ3n) is 2.17. The maximum atomic E-state index is 11.9. The van der Waals surface area contributed by atoms with Gasteiger partial charge >= 0.3 is 5.97 Å². The number of rotatable bonds is 7. The quantitative estimate of drug-likeness (QED) is 0.786. The van der Waals surface area contributed by atoms with E-state index in [9.17, 15) is 13.2 Å². The molecule has 102 valence electrons. The number of hydrogen-bond donors (Lipinski definition) is 2. The molecule has 0 aliphatic carbocycles. The summed E-state index contributed by atoms with van der Waals surface area (Å²) in [6.45, 7) is 2.18. The second-order valence-electron chi connectivity index (χ2n) is 3.73. The molecule has 0 bridgehead atoms. The smallest absolute Gasteiger partial charge is 0.345 e. The van der Waals surface area contributed by atoms with E-state index in [4.69, 9.17) is 9.84 Å². The third kappa shape index (κ3) is 4.05. The first-order valence-corrected chi connectivity index (χ1v) is 7.51. The van der Waals surface area contributed by atoms with Crippen LogP contribution in [0, 0.1) is 0 Å². The Morgan fingerprint density at radius 3 is 2.72 bits per heavy atom. The number of thiophene rings is 1. The van der Waals surface area contributed by atoms with E-state index in [1.54, 1.807) is 14.0 Å². The molecule has 18 heavy (non-hydrogen) atoms. The molecular formula is C10H15NO5S2. The van der Waals surface area contributed by atoms with Crippen molar-refractivity contribution < 1.29 is 23.1 Å². The lowest BCUT2D eigenvalue weighted by molar-refractivity contribution is 0.0702. The number of sulfonamides is 1. The molecule has 1 unspecified atom stereocenters. The van der Waals surface area contributed by atoms with Gasteiger partial charge in [-0.2, -0.15) is 0 Å². The first-order chi connectivity index (χ1) is 8.36.